The monoisotopic (exact) mass is 237 g/mol. The normalized spacial score (nSPS) is 13.6. The smallest absolute Gasteiger partial charge is 0.250 e. The lowest BCUT2D eigenvalue weighted by Crippen LogP contribution is -2.32. The summed E-state index contributed by atoms with van der Waals surface area (Å²) in [6.45, 7) is 8.95. The van der Waals surface area contributed by atoms with E-state index in [0.717, 1.165) is 12.8 Å². The summed E-state index contributed by atoms with van der Waals surface area (Å²) in [6, 6.07) is 5.28. The Hall–Kier alpha value is -1.09. The van der Waals surface area contributed by atoms with E-state index in [1.54, 1.807) is 16.7 Å². The van der Waals surface area contributed by atoms with Crippen molar-refractivity contribution in [2.24, 2.45) is 0 Å². The van der Waals surface area contributed by atoms with Gasteiger partial charge in [0.15, 0.2) is 0 Å². The van der Waals surface area contributed by atoms with Gasteiger partial charge in [-0.1, -0.05) is 19.9 Å². The molecule has 0 aromatic carbocycles. The van der Waals surface area contributed by atoms with Gasteiger partial charge in [-0.05, 0) is 32.8 Å². The highest BCUT2D eigenvalue weighted by Crippen LogP contribution is 2.20. The summed E-state index contributed by atoms with van der Waals surface area (Å²) in [6.07, 6.45) is 3.78. The Morgan fingerprint density at radius 3 is 2.53 bits per heavy atom. The van der Waals surface area contributed by atoms with E-state index in [4.69, 9.17) is 4.74 Å². The van der Waals surface area contributed by atoms with Crippen LogP contribution in [0.1, 0.15) is 46.6 Å². The maximum Gasteiger partial charge on any atom is 0.250 e. The van der Waals surface area contributed by atoms with E-state index in [0.29, 0.717) is 6.61 Å². The third kappa shape index (κ3) is 3.70. The van der Waals surface area contributed by atoms with E-state index in [1.165, 1.54) is 0 Å². The van der Waals surface area contributed by atoms with Crippen molar-refractivity contribution in [3.8, 4) is 0 Å². The molecule has 3 heteroatoms. The molecule has 0 saturated carbocycles. The topological polar surface area (TPSA) is 31.2 Å². The highest BCUT2D eigenvalue weighted by molar-refractivity contribution is 4.94. The van der Waals surface area contributed by atoms with E-state index in [-0.39, 0.29) is 17.2 Å². The van der Waals surface area contributed by atoms with Crippen LogP contribution in [0.5, 0.6) is 0 Å². The van der Waals surface area contributed by atoms with E-state index in [1.807, 2.05) is 19.2 Å². The van der Waals surface area contributed by atoms with Crippen molar-refractivity contribution in [2.75, 3.05) is 6.61 Å². The fraction of sp³-hybridized carbons (Fsp3) is 0.643. The summed E-state index contributed by atoms with van der Waals surface area (Å²) in [5, 5.41) is 0. The number of nitrogens with zero attached hydrogens (tertiary/aromatic N) is 1. The van der Waals surface area contributed by atoms with E-state index < -0.39 is 0 Å². The molecule has 0 N–H and O–H groups in total. The molecule has 0 saturated heterocycles. The Balaban J connectivity index is 2.65. The molecule has 1 aromatic heterocycles. The van der Waals surface area contributed by atoms with Crippen molar-refractivity contribution in [1.82, 2.24) is 4.57 Å². The summed E-state index contributed by atoms with van der Waals surface area (Å²) in [5.41, 5.74) is -0.0505. The average Bonchev–Trinajstić information content (AvgIpc) is 2.36. The number of aromatic nitrogens is 1. The minimum Gasteiger partial charge on any atom is -0.373 e. The second-order valence-corrected chi connectivity index (χ2v) is 4.76. The first kappa shape index (κ1) is 14.0. The second kappa shape index (κ2) is 6.01. The molecule has 3 nitrogen and oxygen atoms in total. The van der Waals surface area contributed by atoms with Crippen LogP contribution in [0.3, 0.4) is 0 Å². The van der Waals surface area contributed by atoms with Crippen LogP contribution >= 0.6 is 0 Å². The average molecular weight is 237 g/mol. The Labute approximate surface area is 103 Å². The number of ether oxygens (including phenoxy) is 1. The SMILES string of the molecule is CCC(C)(CC)OC[C@H](C)n1ccccc1=O. The minimum absolute atomic E-state index is 0.0262. The molecule has 17 heavy (non-hydrogen) atoms. The molecule has 0 fully saturated rings. The fourth-order valence-electron chi connectivity index (χ4n) is 1.66. The zero-order valence-corrected chi connectivity index (χ0v) is 11.3. The molecule has 96 valence electrons. The minimum atomic E-state index is -0.0767. The molecular formula is C14H23NO2. The van der Waals surface area contributed by atoms with Crippen molar-refractivity contribution < 1.29 is 4.74 Å². The van der Waals surface area contributed by atoms with Crippen LogP contribution in [0, 0.1) is 0 Å². The fourth-order valence-corrected chi connectivity index (χ4v) is 1.66. The van der Waals surface area contributed by atoms with Crippen LogP contribution < -0.4 is 5.56 Å². The molecule has 0 aliphatic carbocycles. The maximum absolute atomic E-state index is 11.6. The lowest BCUT2D eigenvalue weighted by molar-refractivity contribution is -0.0492. The predicted octanol–water partition coefficient (Wildman–Crippen LogP) is 3.00. The number of rotatable bonds is 6. The van der Waals surface area contributed by atoms with Gasteiger partial charge in [-0.3, -0.25) is 4.79 Å². The zero-order chi connectivity index (χ0) is 12.9. The Bertz CT molecular complexity index is 393. The van der Waals surface area contributed by atoms with Crippen LogP contribution in [-0.2, 0) is 4.74 Å². The van der Waals surface area contributed by atoms with Gasteiger partial charge in [-0.25, -0.2) is 0 Å². The summed E-state index contributed by atoms with van der Waals surface area (Å²) >= 11 is 0. The third-order valence-corrected chi connectivity index (χ3v) is 3.49. The molecule has 1 heterocycles. The first-order chi connectivity index (χ1) is 8.02. The van der Waals surface area contributed by atoms with Crippen molar-refractivity contribution in [3.05, 3.63) is 34.7 Å². The zero-order valence-electron chi connectivity index (χ0n) is 11.3. The third-order valence-electron chi connectivity index (χ3n) is 3.49. The highest BCUT2D eigenvalue weighted by Gasteiger charge is 2.21. The molecule has 0 bridgehead atoms. The van der Waals surface area contributed by atoms with E-state index in [9.17, 15) is 4.79 Å². The number of hydrogen-bond acceptors (Lipinski definition) is 2. The van der Waals surface area contributed by atoms with Gasteiger partial charge in [0, 0.05) is 12.3 Å². The van der Waals surface area contributed by atoms with Crippen LogP contribution in [0.25, 0.3) is 0 Å². The van der Waals surface area contributed by atoms with Crippen molar-refractivity contribution in [1.29, 1.82) is 0 Å². The summed E-state index contributed by atoms with van der Waals surface area (Å²) < 4.78 is 7.65. The van der Waals surface area contributed by atoms with Gasteiger partial charge in [-0.15, -0.1) is 0 Å². The molecule has 1 aromatic rings. The standard InChI is InChI=1S/C14H23NO2/c1-5-14(4,6-2)17-11-12(3)15-10-8-7-9-13(15)16/h7-10,12H,5-6,11H2,1-4H3/t12-/m0/s1. The molecule has 0 aliphatic rings. The largest absolute Gasteiger partial charge is 0.373 e. The first-order valence-corrected chi connectivity index (χ1v) is 6.33. The van der Waals surface area contributed by atoms with Gasteiger partial charge in [0.25, 0.3) is 5.56 Å². The van der Waals surface area contributed by atoms with Crippen molar-refractivity contribution in [3.63, 3.8) is 0 Å². The van der Waals surface area contributed by atoms with E-state index >= 15 is 0 Å². The summed E-state index contributed by atoms with van der Waals surface area (Å²) in [5.74, 6) is 0. The van der Waals surface area contributed by atoms with Crippen molar-refractivity contribution >= 4 is 0 Å². The Morgan fingerprint density at radius 1 is 1.35 bits per heavy atom. The molecule has 0 unspecified atom stereocenters. The van der Waals surface area contributed by atoms with Gasteiger partial charge in [0.1, 0.15) is 0 Å². The summed E-state index contributed by atoms with van der Waals surface area (Å²) in [4.78, 5) is 11.6. The lowest BCUT2D eigenvalue weighted by atomic mass is 10.0. The van der Waals surface area contributed by atoms with Gasteiger partial charge in [-0.2, -0.15) is 0 Å². The highest BCUT2D eigenvalue weighted by atomic mass is 16.5. The number of pyridine rings is 1. The van der Waals surface area contributed by atoms with Crippen LogP contribution in [0.4, 0.5) is 0 Å². The van der Waals surface area contributed by atoms with Gasteiger partial charge in [0.05, 0.1) is 18.2 Å². The maximum atomic E-state index is 11.6. The Kier molecular flexibility index (Phi) is 4.94. The first-order valence-electron chi connectivity index (χ1n) is 6.33. The van der Waals surface area contributed by atoms with Gasteiger partial charge in [0.2, 0.25) is 0 Å². The van der Waals surface area contributed by atoms with E-state index in [2.05, 4.69) is 20.8 Å². The summed E-state index contributed by atoms with van der Waals surface area (Å²) in [7, 11) is 0. The molecular weight excluding hydrogens is 214 g/mol. The lowest BCUT2D eigenvalue weighted by Gasteiger charge is -2.29. The molecule has 0 radical (unpaired) electrons. The molecule has 1 rings (SSSR count). The van der Waals surface area contributed by atoms with Crippen LogP contribution in [0.2, 0.25) is 0 Å². The predicted molar refractivity (Wildman–Crippen MR) is 70.4 cm³/mol. The molecule has 0 aliphatic heterocycles. The van der Waals surface area contributed by atoms with Crippen molar-refractivity contribution in [2.45, 2.75) is 52.2 Å². The second-order valence-electron chi connectivity index (χ2n) is 4.76. The molecule has 0 spiro atoms. The molecule has 1 atom stereocenters. The molecule has 0 amide bonds. The van der Waals surface area contributed by atoms with Crippen LogP contribution in [0.15, 0.2) is 29.2 Å². The van der Waals surface area contributed by atoms with Gasteiger partial charge >= 0.3 is 0 Å². The Morgan fingerprint density at radius 2 is 2.00 bits per heavy atom. The van der Waals surface area contributed by atoms with Gasteiger partial charge < -0.3 is 9.30 Å². The quantitative estimate of drug-likeness (QED) is 0.761. The van der Waals surface area contributed by atoms with Crippen LogP contribution in [-0.4, -0.2) is 16.8 Å². The number of hydrogen-bond donors (Lipinski definition) is 0.